The molecule has 1 aliphatic heterocycles. The van der Waals surface area contributed by atoms with Crippen LogP contribution in [0.25, 0.3) is 11.5 Å². The van der Waals surface area contributed by atoms with Crippen LogP contribution in [0.2, 0.25) is 5.02 Å². The van der Waals surface area contributed by atoms with Gasteiger partial charge >= 0.3 is 0 Å². The van der Waals surface area contributed by atoms with E-state index in [1.54, 1.807) is 18.3 Å². The largest absolute Gasteiger partial charge is 0.337 e. The SMILES string of the molecule is CC1(c2nc(-c3ccc(Cl)cn3)no2)CCCN1. The molecule has 2 aromatic rings. The van der Waals surface area contributed by atoms with E-state index in [9.17, 15) is 0 Å². The molecule has 0 radical (unpaired) electrons. The van der Waals surface area contributed by atoms with E-state index in [1.807, 2.05) is 0 Å². The molecule has 3 rings (SSSR count). The van der Waals surface area contributed by atoms with E-state index in [0.29, 0.717) is 22.4 Å². The minimum atomic E-state index is -0.211. The lowest BCUT2D eigenvalue weighted by molar-refractivity contribution is 0.275. The zero-order valence-corrected chi connectivity index (χ0v) is 10.7. The Kier molecular flexibility index (Phi) is 2.80. The summed E-state index contributed by atoms with van der Waals surface area (Å²) in [6, 6.07) is 3.54. The average molecular weight is 265 g/mol. The van der Waals surface area contributed by atoms with Crippen molar-refractivity contribution in [3.05, 3.63) is 29.2 Å². The van der Waals surface area contributed by atoms with Gasteiger partial charge in [0, 0.05) is 6.20 Å². The van der Waals surface area contributed by atoms with Gasteiger partial charge in [0.2, 0.25) is 11.7 Å². The summed E-state index contributed by atoms with van der Waals surface area (Å²) in [6.07, 6.45) is 3.69. The van der Waals surface area contributed by atoms with Gasteiger partial charge in [-0.3, -0.25) is 4.98 Å². The van der Waals surface area contributed by atoms with E-state index in [-0.39, 0.29) is 5.54 Å². The van der Waals surface area contributed by atoms with E-state index in [4.69, 9.17) is 16.1 Å². The summed E-state index contributed by atoms with van der Waals surface area (Å²) in [4.78, 5) is 8.59. The van der Waals surface area contributed by atoms with Crippen molar-refractivity contribution in [3.8, 4) is 11.5 Å². The van der Waals surface area contributed by atoms with Crippen LogP contribution in [0.3, 0.4) is 0 Å². The third-order valence-corrected chi connectivity index (χ3v) is 3.45. The Labute approximate surface area is 110 Å². The van der Waals surface area contributed by atoms with E-state index in [0.717, 1.165) is 19.4 Å². The fraction of sp³-hybridized carbons (Fsp3) is 0.417. The summed E-state index contributed by atoms with van der Waals surface area (Å²) < 4.78 is 5.34. The molecule has 3 heterocycles. The summed E-state index contributed by atoms with van der Waals surface area (Å²) in [5.41, 5.74) is 0.452. The minimum absolute atomic E-state index is 0.211. The van der Waals surface area contributed by atoms with Gasteiger partial charge in [-0.2, -0.15) is 4.98 Å². The number of nitrogens with zero attached hydrogens (tertiary/aromatic N) is 3. The van der Waals surface area contributed by atoms with Crippen LogP contribution in [0.5, 0.6) is 0 Å². The molecule has 1 unspecified atom stereocenters. The minimum Gasteiger partial charge on any atom is -0.337 e. The van der Waals surface area contributed by atoms with Crippen LogP contribution in [-0.4, -0.2) is 21.7 Å². The predicted molar refractivity (Wildman–Crippen MR) is 67.1 cm³/mol. The highest BCUT2D eigenvalue weighted by Crippen LogP contribution is 2.30. The Morgan fingerprint density at radius 2 is 2.33 bits per heavy atom. The van der Waals surface area contributed by atoms with Crippen molar-refractivity contribution in [1.29, 1.82) is 0 Å². The number of halogens is 1. The number of hydrogen-bond acceptors (Lipinski definition) is 5. The third kappa shape index (κ3) is 2.00. The van der Waals surface area contributed by atoms with Crippen molar-refractivity contribution in [2.75, 3.05) is 6.54 Å². The molecule has 1 atom stereocenters. The lowest BCUT2D eigenvalue weighted by Crippen LogP contribution is -2.33. The lowest BCUT2D eigenvalue weighted by Gasteiger charge is -2.18. The molecule has 1 fully saturated rings. The second-order valence-electron chi connectivity index (χ2n) is 4.65. The highest BCUT2D eigenvalue weighted by Gasteiger charge is 2.35. The standard InChI is InChI=1S/C12H13ClN4O/c1-12(5-2-6-15-12)11-16-10(17-18-11)9-4-3-8(13)7-14-9/h3-4,7,15H,2,5-6H2,1H3. The summed E-state index contributed by atoms with van der Waals surface area (Å²) in [7, 11) is 0. The maximum absolute atomic E-state index is 5.79. The zero-order chi connectivity index (χ0) is 12.6. The molecule has 6 heteroatoms. The summed E-state index contributed by atoms with van der Waals surface area (Å²) in [6.45, 7) is 3.06. The van der Waals surface area contributed by atoms with Crippen molar-refractivity contribution in [2.45, 2.75) is 25.3 Å². The molecule has 0 spiro atoms. The molecule has 5 nitrogen and oxygen atoms in total. The second kappa shape index (κ2) is 4.33. The number of nitrogens with one attached hydrogen (secondary N) is 1. The van der Waals surface area contributed by atoms with Gasteiger partial charge in [-0.15, -0.1) is 0 Å². The average Bonchev–Trinajstić information content (AvgIpc) is 2.99. The van der Waals surface area contributed by atoms with Crippen molar-refractivity contribution < 1.29 is 4.52 Å². The van der Waals surface area contributed by atoms with E-state index >= 15 is 0 Å². The second-order valence-corrected chi connectivity index (χ2v) is 5.08. The molecule has 0 aliphatic carbocycles. The number of hydrogen-bond donors (Lipinski definition) is 1. The number of rotatable bonds is 2. The monoisotopic (exact) mass is 264 g/mol. The van der Waals surface area contributed by atoms with Crippen LogP contribution < -0.4 is 5.32 Å². The van der Waals surface area contributed by atoms with E-state index in [1.165, 1.54) is 0 Å². The highest BCUT2D eigenvalue weighted by molar-refractivity contribution is 6.30. The quantitative estimate of drug-likeness (QED) is 0.902. The Morgan fingerprint density at radius 3 is 3.00 bits per heavy atom. The molecule has 1 aliphatic rings. The molecule has 0 aromatic carbocycles. The molecule has 18 heavy (non-hydrogen) atoms. The first kappa shape index (κ1) is 11.6. The maximum atomic E-state index is 5.79. The number of pyridine rings is 1. The highest BCUT2D eigenvalue weighted by atomic mass is 35.5. The van der Waals surface area contributed by atoms with Crippen molar-refractivity contribution in [1.82, 2.24) is 20.4 Å². The molecule has 94 valence electrons. The van der Waals surface area contributed by atoms with Gasteiger partial charge in [0.25, 0.3) is 0 Å². The van der Waals surface area contributed by atoms with Crippen LogP contribution >= 0.6 is 11.6 Å². The lowest BCUT2D eigenvalue weighted by atomic mass is 10.0. The van der Waals surface area contributed by atoms with Crippen molar-refractivity contribution in [2.24, 2.45) is 0 Å². The molecular weight excluding hydrogens is 252 g/mol. The van der Waals surface area contributed by atoms with Gasteiger partial charge in [-0.1, -0.05) is 16.8 Å². The fourth-order valence-corrected chi connectivity index (χ4v) is 2.25. The van der Waals surface area contributed by atoms with Crippen LogP contribution in [-0.2, 0) is 5.54 Å². The summed E-state index contributed by atoms with van der Waals surface area (Å²) >= 11 is 5.79. The number of aromatic nitrogens is 3. The van der Waals surface area contributed by atoms with Gasteiger partial charge in [0.05, 0.1) is 10.6 Å². The van der Waals surface area contributed by atoms with Gasteiger partial charge in [0.1, 0.15) is 5.69 Å². The zero-order valence-electron chi connectivity index (χ0n) is 9.98. The first-order valence-electron chi connectivity index (χ1n) is 5.88. The Bertz CT molecular complexity index is 545. The first-order valence-corrected chi connectivity index (χ1v) is 6.26. The van der Waals surface area contributed by atoms with Crippen molar-refractivity contribution >= 4 is 11.6 Å². The smallest absolute Gasteiger partial charge is 0.247 e. The molecule has 0 amide bonds. The molecule has 0 bridgehead atoms. The Morgan fingerprint density at radius 1 is 1.44 bits per heavy atom. The van der Waals surface area contributed by atoms with Gasteiger partial charge < -0.3 is 9.84 Å². The molecular formula is C12H13ClN4O. The Hall–Kier alpha value is -1.46. The third-order valence-electron chi connectivity index (χ3n) is 3.22. The Balaban J connectivity index is 1.91. The van der Waals surface area contributed by atoms with E-state index < -0.39 is 0 Å². The molecule has 0 saturated carbocycles. The van der Waals surface area contributed by atoms with Gasteiger partial charge in [0.15, 0.2) is 0 Å². The van der Waals surface area contributed by atoms with Crippen LogP contribution in [0.1, 0.15) is 25.7 Å². The van der Waals surface area contributed by atoms with Crippen LogP contribution in [0, 0.1) is 0 Å². The molecule has 1 N–H and O–H groups in total. The van der Waals surface area contributed by atoms with E-state index in [2.05, 4.69) is 27.4 Å². The molecule has 1 saturated heterocycles. The van der Waals surface area contributed by atoms with Crippen LogP contribution in [0.15, 0.2) is 22.9 Å². The predicted octanol–water partition coefficient (Wildman–Crippen LogP) is 2.38. The van der Waals surface area contributed by atoms with Crippen LogP contribution in [0.4, 0.5) is 0 Å². The normalized spacial score (nSPS) is 23.4. The maximum Gasteiger partial charge on any atom is 0.247 e. The fourth-order valence-electron chi connectivity index (χ4n) is 2.14. The topological polar surface area (TPSA) is 63.8 Å². The summed E-state index contributed by atoms with van der Waals surface area (Å²) in [5, 5.41) is 7.95. The van der Waals surface area contributed by atoms with Crippen molar-refractivity contribution in [3.63, 3.8) is 0 Å². The molecule has 2 aromatic heterocycles. The first-order chi connectivity index (χ1) is 8.67. The van der Waals surface area contributed by atoms with Gasteiger partial charge in [-0.25, -0.2) is 0 Å². The summed E-state index contributed by atoms with van der Waals surface area (Å²) in [5.74, 6) is 1.11. The van der Waals surface area contributed by atoms with Gasteiger partial charge in [-0.05, 0) is 38.4 Å².